The predicted molar refractivity (Wildman–Crippen MR) is 94.7 cm³/mol. The van der Waals surface area contributed by atoms with Crippen LogP contribution in [-0.2, 0) is 21.0 Å². The first-order valence-corrected chi connectivity index (χ1v) is 9.39. The van der Waals surface area contributed by atoms with Crippen LogP contribution in [0.15, 0.2) is 21.9 Å². The monoisotopic (exact) mass is 383 g/mol. The maximum absolute atomic E-state index is 12.5. The van der Waals surface area contributed by atoms with Gasteiger partial charge in [-0.05, 0) is 17.7 Å². The zero-order chi connectivity index (χ0) is 18.0. The van der Waals surface area contributed by atoms with E-state index in [1.165, 1.54) is 44.9 Å². The number of thioether (sulfide) groups is 2. The molecule has 0 spiro atoms. The number of hydrogen-bond donors (Lipinski definition) is 0. The molecule has 1 aromatic carbocycles. The minimum absolute atomic E-state index is 0.0907. The molecule has 0 bridgehead atoms. The van der Waals surface area contributed by atoms with Crippen LogP contribution in [0.3, 0.4) is 0 Å². The maximum Gasteiger partial charge on any atom is 0.370 e. The lowest BCUT2D eigenvalue weighted by atomic mass is 10.1. The first-order valence-electron chi connectivity index (χ1n) is 7.42. The Balaban J connectivity index is 1.87. The van der Waals surface area contributed by atoms with Crippen molar-refractivity contribution in [2.24, 2.45) is 0 Å². The highest BCUT2D eigenvalue weighted by atomic mass is 32.2. The fourth-order valence-corrected chi connectivity index (χ4v) is 5.02. The first-order chi connectivity index (χ1) is 12.1. The lowest BCUT2D eigenvalue weighted by molar-refractivity contribution is -0.180. The maximum atomic E-state index is 12.5. The van der Waals surface area contributed by atoms with E-state index in [-0.39, 0.29) is 12.1 Å². The Bertz CT molecular complexity index is 715. The Morgan fingerprint density at radius 2 is 1.64 bits per heavy atom. The summed E-state index contributed by atoms with van der Waals surface area (Å²) >= 11 is 3.02. The van der Waals surface area contributed by atoms with Crippen LogP contribution < -0.4 is 14.2 Å². The number of rotatable bonds is 5. The second-order valence-corrected chi connectivity index (χ2v) is 7.58. The molecule has 0 atom stereocenters. The minimum Gasteiger partial charge on any atom is -0.493 e. The normalized spacial score (nSPS) is 17.2. The molecule has 0 saturated carbocycles. The van der Waals surface area contributed by atoms with Gasteiger partial charge in [0.25, 0.3) is 5.91 Å². The van der Waals surface area contributed by atoms with Gasteiger partial charge < -0.3 is 19.0 Å². The molecule has 2 saturated heterocycles. The van der Waals surface area contributed by atoms with Crippen LogP contribution in [-0.4, -0.2) is 49.8 Å². The van der Waals surface area contributed by atoms with E-state index in [0.717, 1.165) is 20.8 Å². The molecule has 0 unspecified atom stereocenters. The summed E-state index contributed by atoms with van der Waals surface area (Å²) in [4.78, 5) is 29.8. The molecule has 0 aliphatic carbocycles. The van der Waals surface area contributed by atoms with Gasteiger partial charge in [0.15, 0.2) is 11.5 Å². The highest BCUT2D eigenvalue weighted by Crippen LogP contribution is 2.42. The molecular weight excluding hydrogens is 366 g/mol. The van der Waals surface area contributed by atoms with Gasteiger partial charge in [0, 0.05) is 11.5 Å². The van der Waals surface area contributed by atoms with Gasteiger partial charge in [-0.1, -0.05) is 0 Å². The van der Waals surface area contributed by atoms with E-state index in [4.69, 9.17) is 19.0 Å². The molecule has 9 heteroatoms. The molecule has 2 aliphatic rings. The van der Waals surface area contributed by atoms with Crippen LogP contribution >= 0.6 is 23.5 Å². The van der Waals surface area contributed by atoms with E-state index < -0.39 is 11.9 Å². The number of hydroxylamine groups is 2. The Labute approximate surface area is 153 Å². The average molecular weight is 383 g/mol. The van der Waals surface area contributed by atoms with Crippen molar-refractivity contribution in [1.82, 2.24) is 5.06 Å². The van der Waals surface area contributed by atoms with Gasteiger partial charge in [-0.25, -0.2) is 4.79 Å². The van der Waals surface area contributed by atoms with Crippen molar-refractivity contribution in [3.8, 4) is 17.2 Å². The molecule has 2 heterocycles. The molecule has 3 rings (SSSR count). The van der Waals surface area contributed by atoms with Gasteiger partial charge >= 0.3 is 5.97 Å². The van der Waals surface area contributed by atoms with Crippen molar-refractivity contribution in [1.29, 1.82) is 0 Å². The molecular formula is C16H17NO6S2. The molecule has 7 nitrogen and oxygen atoms in total. The summed E-state index contributed by atoms with van der Waals surface area (Å²) in [6.45, 7) is 0.0907. The van der Waals surface area contributed by atoms with Crippen LogP contribution in [0.4, 0.5) is 0 Å². The fourth-order valence-electron chi connectivity index (χ4n) is 2.52. The van der Waals surface area contributed by atoms with Gasteiger partial charge in [0.1, 0.15) is 5.57 Å². The molecule has 0 aromatic heterocycles. The summed E-state index contributed by atoms with van der Waals surface area (Å²) in [6, 6.07) is 3.43. The molecule has 25 heavy (non-hydrogen) atoms. The minimum atomic E-state index is -0.602. The molecule has 0 N–H and O–H groups in total. The van der Waals surface area contributed by atoms with Gasteiger partial charge in [-0.3, -0.25) is 4.79 Å². The van der Waals surface area contributed by atoms with Crippen molar-refractivity contribution in [2.75, 3.05) is 32.8 Å². The topological polar surface area (TPSA) is 74.3 Å². The third-order valence-electron chi connectivity index (χ3n) is 3.64. The fraction of sp³-hybridized carbons (Fsp3) is 0.375. The molecule has 1 aromatic rings. The highest BCUT2D eigenvalue weighted by molar-refractivity contribution is 8.25. The van der Waals surface area contributed by atoms with Crippen molar-refractivity contribution in [2.45, 2.75) is 6.54 Å². The predicted octanol–water partition coefficient (Wildman–Crippen LogP) is 2.20. The van der Waals surface area contributed by atoms with E-state index in [2.05, 4.69) is 0 Å². The Kier molecular flexibility index (Phi) is 5.33. The van der Waals surface area contributed by atoms with Crippen molar-refractivity contribution < 1.29 is 28.6 Å². The molecule has 134 valence electrons. The van der Waals surface area contributed by atoms with Crippen LogP contribution in [0.1, 0.15) is 5.56 Å². The van der Waals surface area contributed by atoms with Gasteiger partial charge in [-0.2, -0.15) is 5.06 Å². The number of carbonyl (C=O) groups excluding carboxylic acids is 2. The van der Waals surface area contributed by atoms with Crippen molar-refractivity contribution in [3.05, 3.63) is 27.5 Å². The van der Waals surface area contributed by atoms with E-state index in [0.29, 0.717) is 22.8 Å². The summed E-state index contributed by atoms with van der Waals surface area (Å²) in [7, 11) is 4.54. The SMILES string of the molecule is COc1cc(CN2OC(=O)C(=C3SCCS3)C2=O)cc(OC)c1OC. The smallest absolute Gasteiger partial charge is 0.370 e. The number of benzene rings is 1. The summed E-state index contributed by atoms with van der Waals surface area (Å²) in [5.74, 6) is 2.14. The Morgan fingerprint density at radius 1 is 1.04 bits per heavy atom. The van der Waals surface area contributed by atoms with Gasteiger partial charge in [0.2, 0.25) is 5.75 Å². The summed E-state index contributed by atoms with van der Waals surface area (Å²) in [6.07, 6.45) is 0. The number of amides is 1. The van der Waals surface area contributed by atoms with E-state index in [9.17, 15) is 9.59 Å². The van der Waals surface area contributed by atoms with Gasteiger partial charge in [0.05, 0.1) is 32.1 Å². The second kappa shape index (κ2) is 7.49. The Morgan fingerprint density at radius 3 is 2.16 bits per heavy atom. The lowest BCUT2D eigenvalue weighted by Crippen LogP contribution is -2.23. The number of methoxy groups -OCH3 is 3. The Hall–Kier alpha value is -2.00. The first kappa shape index (κ1) is 17.8. The van der Waals surface area contributed by atoms with Crippen molar-refractivity contribution >= 4 is 35.4 Å². The van der Waals surface area contributed by atoms with Gasteiger partial charge in [-0.15, -0.1) is 23.5 Å². The molecule has 2 aliphatic heterocycles. The summed E-state index contributed by atoms with van der Waals surface area (Å²) < 4.78 is 16.6. The van der Waals surface area contributed by atoms with Crippen LogP contribution in [0.2, 0.25) is 0 Å². The lowest BCUT2D eigenvalue weighted by Gasteiger charge is -2.17. The third kappa shape index (κ3) is 3.38. The van der Waals surface area contributed by atoms with Crippen LogP contribution in [0.25, 0.3) is 0 Å². The summed E-state index contributed by atoms with van der Waals surface area (Å²) in [5.41, 5.74) is 0.813. The number of ether oxygens (including phenoxy) is 3. The van der Waals surface area contributed by atoms with Crippen LogP contribution in [0, 0.1) is 0 Å². The number of nitrogens with zero attached hydrogens (tertiary/aromatic N) is 1. The third-order valence-corrected chi connectivity index (χ3v) is 6.36. The summed E-state index contributed by atoms with van der Waals surface area (Å²) in [5, 5.41) is 1.06. The highest BCUT2D eigenvalue weighted by Gasteiger charge is 2.40. The van der Waals surface area contributed by atoms with Crippen molar-refractivity contribution in [3.63, 3.8) is 0 Å². The largest absolute Gasteiger partial charge is 0.493 e. The molecule has 1 amide bonds. The second-order valence-electron chi connectivity index (χ2n) is 5.11. The standard InChI is InChI=1S/C16H17NO6S2/c1-20-10-6-9(7-11(21-2)13(10)22-3)8-17-14(18)12(15(19)23-17)16-24-4-5-25-16/h6-7H,4-5,8H2,1-3H3. The average Bonchev–Trinajstić information content (AvgIpc) is 3.22. The van der Waals surface area contributed by atoms with E-state index in [1.54, 1.807) is 12.1 Å². The van der Waals surface area contributed by atoms with E-state index in [1.807, 2.05) is 0 Å². The molecule has 0 radical (unpaired) electrons. The quantitative estimate of drug-likeness (QED) is 0.566. The zero-order valence-electron chi connectivity index (χ0n) is 14.0. The van der Waals surface area contributed by atoms with E-state index >= 15 is 0 Å². The van der Waals surface area contributed by atoms with Crippen LogP contribution in [0.5, 0.6) is 17.2 Å². The molecule has 2 fully saturated rings. The number of hydrogen-bond acceptors (Lipinski definition) is 8. The zero-order valence-corrected chi connectivity index (χ0v) is 15.6. The number of carbonyl (C=O) groups is 2.